The van der Waals surface area contributed by atoms with Gasteiger partial charge in [-0.1, -0.05) is 41.7 Å². The molecule has 0 N–H and O–H groups in total. The van der Waals surface area contributed by atoms with E-state index in [4.69, 9.17) is 4.74 Å². The van der Waals surface area contributed by atoms with E-state index in [1.165, 1.54) is 11.3 Å². The highest BCUT2D eigenvalue weighted by Gasteiger charge is 2.12. The molecule has 0 saturated heterocycles. The van der Waals surface area contributed by atoms with E-state index in [1.54, 1.807) is 10.6 Å². The predicted octanol–water partition coefficient (Wildman–Crippen LogP) is 3.97. The van der Waals surface area contributed by atoms with Gasteiger partial charge >= 0.3 is 0 Å². The monoisotopic (exact) mass is 322 g/mol. The zero-order valence-corrected chi connectivity index (χ0v) is 13.3. The van der Waals surface area contributed by atoms with Gasteiger partial charge in [0, 0.05) is 6.20 Å². The molecule has 0 atom stereocenters. The molecule has 0 bridgehead atoms. The third-order valence-corrected chi connectivity index (χ3v) is 4.72. The Morgan fingerprint density at radius 1 is 1.17 bits per heavy atom. The molecule has 0 fully saturated rings. The zero-order chi connectivity index (χ0) is 15.8. The van der Waals surface area contributed by atoms with Crippen molar-refractivity contribution in [3.8, 4) is 16.9 Å². The van der Waals surface area contributed by atoms with Gasteiger partial charge in [0.25, 0.3) is 5.56 Å². The molecule has 4 aromatic rings. The van der Waals surface area contributed by atoms with Crippen molar-refractivity contribution in [1.29, 1.82) is 0 Å². The lowest BCUT2D eigenvalue weighted by Gasteiger charge is -2.03. The van der Waals surface area contributed by atoms with Gasteiger partial charge in [-0.2, -0.15) is 0 Å². The Hall–Kier alpha value is -2.66. The Morgan fingerprint density at radius 2 is 2.00 bits per heavy atom. The molecule has 5 heteroatoms. The molecule has 2 heterocycles. The van der Waals surface area contributed by atoms with Crippen LogP contribution >= 0.6 is 11.3 Å². The van der Waals surface area contributed by atoms with Crippen LogP contribution in [0.15, 0.2) is 59.5 Å². The Labute approximate surface area is 136 Å². The van der Waals surface area contributed by atoms with Gasteiger partial charge < -0.3 is 4.74 Å². The molecular formula is C18H14N2O2S. The van der Waals surface area contributed by atoms with Crippen LogP contribution in [0.1, 0.15) is 6.92 Å². The smallest absolute Gasteiger partial charge is 0.266 e. The van der Waals surface area contributed by atoms with Crippen molar-refractivity contribution in [3.63, 3.8) is 0 Å². The number of thiazole rings is 1. The van der Waals surface area contributed by atoms with Crippen LogP contribution in [0.25, 0.3) is 26.3 Å². The summed E-state index contributed by atoms with van der Waals surface area (Å²) in [5, 5.41) is 0. The van der Waals surface area contributed by atoms with Crippen LogP contribution in [0.2, 0.25) is 0 Å². The van der Waals surface area contributed by atoms with Crippen LogP contribution in [0, 0.1) is 0 Å². The molecule has 0 spiro atoms. The first-order valence-corrected chi connectivity index (χ1v) is 8.22. The zero-order valence-electron chi connectivity index (χ0n) is 12.5. The summed E-state index contributed by atoms with van der Waals surface area (Å²) in [7, 11) is 0. The van der Waals surface area contributed by atoms with E-state index in [0.29, 0.717) is 17.1 Å². The molecule has 114 valence electrons. The molecule has 0 aliphatic heterocycles. The van der Waals surface area contributed by atoms with Crippen molar-refractivity contribution in [2.24, 2.45) is 0 Å². The molecule has 2 aromatic heterocycles. The highest BCUT2D eigenvalue weighted by Crippen LogP contribution is 2.28. The minimum absolute atomic E-state index is 0.0448. The second kappa shape index (κ2) is 5.52. The minimum atomic E-state index is -0.0448. The number of aromatic nitrogens is 2. The number of rotatable bonds is 3. The molecule has 0 unspecified atom stereocenters. The molecule has 4 rings (SSSR count). The Bertz CT molecular complexity index is 1050. The molecule has 4 nitrogen and oxygen atoms in total. The summed E-state index contributed by atoms with van der Waals surface area (Å²) in [4.78, 5) is 18.1. The fraction of sp³-hybridized carbons (Fsp3) is 0.111. The third-order valence-electron chi connectivity index (χ3n) is 3.70. The lowest BCUT2D eigenvalue weighted by atomic mass is 10.1. The maximum absolute atomic E-state index is 12.9. The van der Waals surface area contributed by atoms with Gasteiger partial charge in [-0.3, -0.25) is 9.20 Å². The first-order chi connectivity index (χ1) is 11.3. The molecule has 23 heavy (non-hydrogen) atoms. The number of hydrogen-bond donors (Lipinski definition) is 0. The standard InChI is InChI=1S/C18H14N2O2S/c1-2-22-13-8-9-15-16(10-13)23-18-19-11-14(17(21)20(15)18)12-6-4-3-5-7-12/h3-11H,2H2,1H3. The number of fused-ring (bicyclic) bond motifs is 3. The highest BCUT2D eigenvalue weighted by molar-refractivity contribution is 7.23. The Morgan fingerprint density at radius 3 is 2.78 bits per heavy atom. The second-order valence-corrected chi connectivity index (χ2v) is 6.13. The number of hydrogen-bond acceptors (Lipinski definition) is 4. The van der Waals surface area contributed by atoms with Gasteiger partial charge in [-0.05, 0) is 30.7 Å². The first kappa shape index (κ1) is 14.0. The van der Waals surface area contributed by atoms with Crippen molar-refractivity contribution in [1.82, 2.24) is 9.38 Å². The largest absolute Gasteiger partial charge is 0.494 e. The van der Waals surface area contributed by atoms with E-state index >= 15 is 0 Å². The fourth-order valence-electron chi connectivity index (χ4n) is 2.66. The molecule has 0 radical (unpaired) electrons. The van der Waals surface area contributed by atoms with Crippen molar-refractivity contribution in [2.75, 3.05) is 6.61 Å². The summed E-state index contributed by atoms with van der Waals surface area (Å²) in [5.41, 5.74) is 2.31. The summed E-state index contributed by atoms with van der Waals surface area (Å²) < 4.78 is 8.20. The Kier molecular flexibility index (Phi) is 3.35. The van der Waals surface area contributed by atoms with Crippen molar-refractivity contribution in [3.05, 3.63) is 65.1 Å². The van der Waals surface area contributed by atoms with E-state index in [-0.39, 0.29) is 5.56 Å². The lowest BCUT2D eigenvalue weighted by Crippen LogP contribution is -2.15. The highest BCUT2D eigenvalue weighted by atomic mass is 32.1. The van der Waals surface area contributed by atoms with E-state index in [9.17, 15) is 4.79 Å². The molecule has 0 aliphatic rings. The van der Waals surface area contributed by atoms with Crippen molar-refractivity contribution >= 4 is 26.5 Å². The topological polar surface area (TPSA) is 43.6 Å². The average molecular weight is 322 g/mol. The van der Waals surface area contributed by atoms with Gasteiger partial charge in [0.1, 0.15) is 5.75 Å². The average Bonchev–Trinajstić information content (AvgIpc) is 2.95. The van der Waals surface area contributed by atoms with E-state index in [0.717, 1.165) is 21.5 Å². The maximum atomic E-state index is 12.9. The summed E-state index contributed by atoms with van der Waals surface area (Å²) in [5.74, 6) is 0.808. The summed E-state index contributed by atoms with van der Waals surface area (Å²) in [6.07, 6.45) is 1.66. The van der Waals surface area contributed by atoms with Gasteiger partial charge in [0.15, 0.2) is 4.96 Å². The van der Waals surface area contributed by atoms with E-state index < -0.39 is 0 Å². The lowest BCUT2D eigenvalue weighted by molar-refractivity contribution is 0.341. The van der Waals surface area contributed by atoms with E-state index in [2.05, 4.69) is 4.98 Å². The van der Waals surface area contributed by atoms with Crippen LogP contribution in [0.4, 0.5) is 0 Å². The summed E-state index contributed by atoms with van der Waals surface area (Å²) in [6, 6.07) is 15.4. The molecular weight excluding hydrogens is 308 g/mol. The number of benzene rings is 2. The molecule has 0 aliphatic carbocycles. The van der Waals surface area contributed by atoms with Gasteiger partial charge in [0.05, 0.1) is 22.4 Å². The van der Waals surface area contributed by atoms with Gasteiger partial charge in [-0.15, -0.1) is 0 Å². The number of ether oxygens (including phenoxy) is 1. The maximum Gasteiger partial charge on any atom is 0.266 e. The third kappa shape index (κ3) is 2.29. The number of nitrogens with zero attached hydrogens (tertiary/aromatic N) is 2. The fourth-order valence-corrected chi connectivity index (χ4v) is 3.67. The van der Waals surface area contributed by atoms with Crippen LogP contribution < -0.4 is 10.3 Å². The molecule has 2 aromatic carbocycles. The van der Waals surface area contributed by atoms with Crippen molar-refractivity contribution in [2.45, 2.75) is 6.92 Å². The molecule has 0 amide bonds. The molecule has 0 saturated carbocycles. The predicted molar refractivity (Wildman–Crippen MR) is 93.5 cm³/mol. The van der Waals surface area contributed by atoms with Crippen LogP contribution in [-0.2, 0) is 0 Å². The van der Waals surface area contributed by atoms with E-state index in [1.807, 2.05) is 55.5 Å². The minimum Gasteiger partial charge on any atom is -0.494 e. The van der Waals surface area contributed by atoms with Crippen molar-refractivity contribution < 1.29 is 4.74 Å². The van der Waals surface area contributed by atoms with Crippen LogP contribution in [-0.4, -0.2) is 16.0 Å². The summed E-state index contributed by atoms with van der Waals surface area (Å²) in [6.45, 7) is 2.57. The normalized spacial score (nSPS) is 11.2. The quantitative estimate of drug-likeness (QED) is 0.573. The van der Waals surface area contributed by atoms with Crippen LogP contribution in [0.5, 0.6) is 5.75 Å². The van der Waals surface area contributed by atoms with Crippen LogP contribution in [0.3, 0.4) is 0 Å². The van der Waals surface area contributed by atoms with Gasteiger partial charge in [0.2, 0.25) is 0 Å². The van der Waals surface area contributed by atoms with Gasteiger partial charge in [-0.25, -0.2) is 4.98 Å². The Balaban J connectivity index is 1.99. The SMILES string of the molecule is CCOc1ccc2c(c1)sc1ncc(-c3ccccc3)c(=O)n12. The second-order valence-electron chi connectivity index (χ2n) is 5.13. The first-order valence-electron chi connectivity index (χ1n) is 7.40. The summed E-state index contributed by atoms with van der Waals surface area (Å²) >= 11 is 1.49.